The number of nitrogens with zero attached hydrogens (tertiary/aromatic N) is 1. The van der Waals surface area contributed by atoms with Crippen LogP contribution in [0.2, 0.25) is 0 Å². The van der Waals surface area contributed by atoms with Crippen molar-refractivity contribution < 1.29 is 23.1 Å². The maximum atomic E-state index is 12.0. The van der Waals surface area contributed by atoms with Crippen molar-refractivity contribution >= 4 is 21.7 Å². The van der Waals surface area contributed by atoms with Gasteiger partial charge in [0.05, 0.1) is 17.4 Å². The zero-order valence-electron chi connectivity index (χ0n) is 11.9. The molecule has 0 aliphatic heterocycles. The standard InChI is InChI=1S/C14H16N2O5S/c1-2-22(20,21)7-6-12(14(18)19)16-13(17)11-5-3-4-10(8-11)9-15/h3-5,8,12H,2,6-7H2,1H3,(H,16,17)(H,18,19). The fraction of sp³-hybridized carbons (Fsp3) is 0.357. The predicted molar refractivity (Wildman–Crippen MR) is 79.0 cm³/mol. The van der Waals surface area contributed by atoms with Crippen molar-refractivity contribution in [3.63, 3.8) is 0 Å². The lowest BCUT2D eigenvalue weighted by Crippen LogP contribution is -2.42. The second-order valence-electron chi connectivity index (χ2n) is 4.58. The summed E-state index contributed by atoms with van der Waals surface area (Å²) in [6.07, 6.45) is -0.213. The SMILES string of the molecule is CCS(=O)(=O)CCC(NC(=O)c1cccc(C#N)c1)C(=O)O. The van der Waals surface area contributed by atoms with Crippen molar-refractivity contribution in [2.24, 2.45) is 0 Å². The molecule has 0 spiro atoms. The number of carbonyl (C=O) groups excluding carboxylic acids is 1. The lowest BCUT2D eigenvalue weighted by atomic mass is 10.1. The van der Waals surface area contributed by atoms with Gasteiger partial charge in [-0.2, -0.15) is 5.26 Å². The van der Waals surface area contributed by atoms with Crippen molar-refractivity contribution in [2.75, 3.05) is 11.5 Å². The maximum Gasteiger partial charge on any atom is 0.326 e. The quantitative estimate of drug-likeness (QED) is 0.755. The average Bonchev–Trinajstić information content (AvgIpc) is 2.50. The topological polar surface area (TPSA) is 124 Å². The highest BCUT2D eigenvalue weighted by molar-refractivity contribution is 7.91. The monoisotopic (exact) mass is 324 g/mol. The van der Waals surface area contributed by atoms with Gasteiger partial charge in [-0.25, -0.2) is 13.2 Å². The van der Waals surface area contributed by atoms with Crippen LogP contribution in [0.25, 0.3) is 0 Å². The Morgan fingerprint density at radius 2 is 2.09 bits per heavy atom. The molecule has 1 amide bonds. The van der Waals surface area contributed by atoms with Crippen LogP contribution in [0.15, 0.2) is 24.3 Å². The number of hydrogen-bond acceptors (Lipinski definition) is 5. The van der Waals surface area contributed by atoms with Gasteiger partial charge in [-0.15, -0.1) is 0 Å². The number of carbonyl (C=O) groups is 2. The molecule has 1 aromatic rings. The van der Waals surface area contributed by atoms with Gasteiger partial charge in [0, 0.05) is 11.3 Å². The predicted octanol–water partition coefficient (Wildman–Crippen LogP) is 0.566. The molecule has 0 aliphatic carbocycles. The normalized spacial score (nSPS) is 12.2. The van der Waals surface area contributed by atoms with Crippen LogP contribution in [0.3, 0.4) is 0 Å². The second kappa shape index (κ2) is 7.56. The first-order chi connectivity index (χ1) is 10.3. The highest BCUT2D eigenvalue weighted by Crippen LogP contribution is 2.06. The van der Waals surface area contributed by atoms with E-state index in [0.717, 1.165) is 0 Å². The Bertz CT molecular complexity index is 706. The van der Waals surface area contributed by atoms with E-state index in [1.54, 1.807) is 0 Å². The van der Waals surface area contributed by atoms with Gasteiger partial charge < -0.3 is 10.4 Å². The Kier molecular flexibility index (Phi) is 6.07. The summed E-state index contributed by atoms with van der Waals surface area (Å²) in [5.74, 6) is -2.38. The highest BCUT2D eigenvalue weighted by atomic mass is 32.2. The van der Waals surface area contributed by atoms with E-state index in [2.05, 4.69) is 5.32 Å². The zero-order valence-corrected chi connectivity index (χ0v) is 12.8. The summed E-state index contributed by atoms with van der Waals surface area (Å²) in [6, 6.07) is 6.36. The number of carboxylic acids is 1. The molecule has 22 heavy (non-hydrogen) atoms. The molecular formula is C14H16N2O5S. The first-order valence-electron chi connectivity index (χ1n) is 6.53. The number of amides is 1. The summed E-state index contributed by atoms with van der Waals surface area (Å²) in [6.45, 7) is 1.47. The first-order valence-corrected chi connectivity index (χ1v) is 8.35. The van der Waals surface area contributed by atoms with Crippen molar-refractivity contribution in [3.05, 3.63) is 35.4 Å². The van der Waals surface area contributed by atoms with Crippen LogP contribution in [0, 0.1) is 11.3 Å². The van der Waals surface area contributed by atoms with Gasteiger partial charge in [-0.05, 0) is 24.6 Å². The Balaban J connectivity index is 2.80. The Morgan fingerprint density at radius 3 is 2.64 bits per heavy atom. The molecule has 7 nitrogen and oxygen atoms in total. The molecule has 0 saturated carbocycles. The van der Waals surface area contributed by atoms with Crippen molar-refractivity contribution in [1.82, 2.24) is 5.32 Å². The molecule has 118 valence electrons. The van der Waals surface area contributed by atoms with Gasteiger partial charge in [0.25, 0.3) is 5.91 Å². The third kappa shape index (κ3) is 5.18. The number of carboxylic acid groups (broad SMARTS) is 1. The van der Waals surface area contributed by atoms with Crippen LogP contribution in [0.1, 0.15) is 29.3 Å². The molecular weight excluding hydrogens is 308 g/mol. The number of nitrogens with one attached hydrogen (secondary N) is 1. The van der Waals surface area contributed by atoms with Gasteiger partial charge in [0.1, 0.15) is 15.9 Å². The number of benzene rings is 1. The number of hydrogen-bond donors (Lipinski definition) is 2. The molecule has 1 aromatic carbocycles. The fourth-order valence-electron chi connectivity index (χ4n) is 1.67. The minimum absolute atomic E-state index is 0.0858. The molecule has 0 aromatic heterocycles. The van der Waals surface area contributed by atoms with Gasteiger partial charge >= 0.3 is 5.97 Å². The molecule has 8 heteroatoms. The molecule has 2 N–H and O–H groups in total. The summed E-state index contributed by atoms with van der Waals surface area (Å²) < 4.78 is 22.8. The number of aliphatic carboxylic acids is 1. The van der Waals surface area contributed by atoms with Crippen LogP contribution in [0.5, 0.6) is 0 Å². The third-order valence-corrected chi connectivity index (χ3v) is 4.75. The third-order valence-electron chi connectivity index (χ3n) is 3.01. The van der Waals surface area contributed by atoms with E-state index in [-0.39, 0.29) is 29.1 Å². The summed E-state index contributed by atoms with van der Waals surface area (Å²) in [7, 11) is -3.32. The number of sulfone groups is 1. The van der Waals surface area contributed by atoms with E-state index < -0.39 is 27.8 Å². The van der Waals surface area contributed by atoms with Crippen LogP contribution in [-0.2, 0) is 14.6 Å². The summed E-state index contributed by atoms with van der Waals surface area (Å²) in [4.78, 5) is 23.1. The van der Waals surface area contributed by atoms with Crippen LogP contribution in [0.4, 0.5) is 0 Å². The molecule has 0 saturated heterocycles. The number of nitriles is 1. The molecule has 0 fully saturated rings. The van der Waals surface area contributed by atoms with E-state index in [1.165, 1.54) is 31.2 Å². The van der Waals surface area contributed by atoms with Crippen molar-refractivity contribution in [3.8, 4) is 6.07 Å². The minimum Gasteiger partial charge on any atom is -0.480 e. The second-order valence-corrected chi connectivity index (χ2v) is 7.05. The van der Waals surface area contributed by atoms with Gasteiger partial charge in [-0.3, -0.25) is 4.79 Å². The van der Waals surface area contributed by atoms with Crippen LogP contribution < -0.4 is 5.32 Å². The Labute approximate surface area is 128 Å². The lowest BCUT2D eigenvalue weighted by Gasteiger charge is -2.14. The minimum atomic E-state index is -3.32. The smallest absolute Gasteiger partial charge is 0.326 e. The van der Waals surface area contributed by atoms with E-state index in [9.17, 15) is 18.0 Å². The largest absolute Gasteiger partial charge is 0.480 e. The van der Waals surface area contributed by atoms with Crippen molar-refractivity contribution in [1.29, 1.82) is 5.26 Å². The molecule has 0 aliphatic rings. The van der Waals surface area contributed by atoms with E-state index in [0.29, 0.717) is 0 Å². The Morgan fingerprint density at radius 1 is 1.41 bits per heavy atom. The molecule has 0 heterocycles. The van der Waals surface area contributed by atoms with E-state index in [1.807, 2.05) is 6.07 Å². The molecule has 0 bridgehead atoms. The lowest BCUT2D eigenvalue weighted by molar-refractivity contribution is -0.139. The fourth-order valence-corrected chi connectivity index (χ4v) is 2.55. The summed E-state index contributed by atoms with van der Waals surface area (Å²) in [5, 5.41) is 20.1. The maximum absolute atomic E-state index is 12.0. The van der Waals surface area contributed by atoms with E-state index in [4.69, 9.17) is 10.4 Å². The van der Waals surface area contributed by atoms with Gasteiger partial charge in [-0.1, -0.05) is 13.0 Å². The summed E-state index contributed by atoms with van der Waals surface area (Å²) in [5.41, 5.74) is 0.414. The molecule has 1 rings (SSSR count). The number of rotatable bonds is 7. The zero-order chi connectivity index (χ0) is 16.8. The molecule has 1 unspecified atom stereocenters. The van der Waals surface area contributed by atoms with Crippen LogP contribution >= 0.6 is 0 Å². The summed E-state index contributed by atoms with van der Waals surface area (Å²) >= 11 is 0. The van der Waals surface area contributed by atoms with E-state index >= 15 is 0 Å². The van der Waals surface area contributed by atoms with Crippen LogP contribution in [-0.4, -0.2) is 42.9 Å². The van der Waals surface area contributed by atoms with Gasteiger partial charge in [0.2, 0.25) is 0 Å². The van der Waals surface area contributed by atoms with Crippen molar-refractivity contribution in [2.45, 2.75) is 19.4 Å². The average molecular weight is 324 g/mol. The highest BCUT2D eigenvalue weighted by Gasteiger charge is 2.23. The molecule has 0 radical (unpaired) electrons. The molecule has 1 atom stereocenters. The van der Waals surface area contributed by atoms with Gasteiger partial charge in [0.15, 0.2) is 0 Å². The Hall–Kier alpha value is -2.40. The first kappa shape index (κ1) is 17.7.